The van der Waals surface area contributed by atoms with E-state index in [-0.39, 0.29) is 25.0 Å². The number of carbonyl (C=O) groups excluding carboxylic acids is 1. The van der Waals surface area contributed by atoms with E-state index in [1.54, 1.807) is 0 Å². The summed E-state index contributed by atoms with van der Waals surface area (Å²) in [5, 5.41) is 0. The number of morpholine rings is 1. The van der Waals surface area contributed by atoms with Gasteiger partial charge in [-0.3, -0.25) is 0 Å². The number of hydrogen-bond acceptors (Lipinski definition) is 6. The van der Waals surface area contributed by atoms with Crippen LogP contribution < -0.4 is 0 Å². The third-order valence-electron chi connectivity index (χ3n) is 3.03. The molecule has 2 rings (SSSR count). The first-order valence-electron chi connectivity index (χ1n) is 5.89. The fraction of sp³-hybridized carbons (Fsp3) is 0.900. The van der Waals surface area contributed by atoms with Crippen LogP contribution >= 0.6 is 0 Å². The molecule has 0 spiro atoms. The maximum Gasteiger partial charge on any atom is 0.236 e. The lowest BCUT2D eigenvalue weighted by molar-refractivity contribution is 0.0350. The van der Waals surface area contributed by atoms with Crippen molar-refractivity contribution < 1.29 is 22.7 Å². The molecular weight excluding hydrogens is 260 g/mol. The molecule has 0 amide bonds. The molecule has 2 heterocycles. The van der Waals surface area contributed by atoms with Crippen molar-refractivity contribution in [2.75, 3.05) is 32.1 Å². The van der Waals surface area contributed by atoms with Crippen LogP contribution in [-0.4, -0.2) is 63.2 Å². The first-order valence-corrected chi connectivity index (χ1v) is 7.50. The van der Waals surface area contributed by atoms with Crippen molar-refractivity contribution in [3.8, 4) is 0 Å². The standard InChI is InChI=1S/C10H16N2O5S/c13-8-11-10-6-16-5-3-12(10)18(14,15)7-9-2-1-4-17-9/h9-10H,1-7H2. The number of sulfonamides is 1. The normalized spacial score (nSPS) is 30.0. The zero-order valence-corrected chi connectivity index (χ0v) is 10.8. The van der Waals surface area contributed by atoms with Crippen molar-refractivity contribution in [2.24, 2.45) is 4.99 Å². The van der Waals surface area contributed by atoms with Crippen LogP contribution in [0.2, 0.25) is 0 Å². The third kappa shape index (κ3) is 3.15. The van der Waals surface area contributed by atoms with Gasteiger partial charge in [-0.25, -0.2) is 13.2 Å². The molecule has 0 aromatic heterocycles. The molecule has 2 aliphatic heterocycles. The molecule has 0 aliphatic carbocycles. The molecule has 8 heteroatoms. The predicted molar refractivity (Wildman–Crippen MR) is 62.2 cm³/mol. The van der Waals surface area contributed by atoms with Crippen LogP contribution in [-0.2, 0) is 24.3 Å². The first kappa shape index (κ1) is 13.6. The summed E-state index contributed by atoms with van der Waals surface area (Å²) in [7, 11) is -3.48. The monoisotopic (exact) mass is 276 g/mol. The van der Waals surface area contributed by atoms with Gasteiger partial charge in [0.2, 0.25) is 16.1 Å². The number of ether oxygens (including phenoxy) is 2. The minimum absolute atomic E-state index is 0.0577. The van der Waals surface area contributed by atoms with Gasteiger partial charge >= 0.3 is 0 Å². The molecule has 2 saturated heterocycles. The van der Waals surface area contributed by atoms with Gasteiger partial charge in [-0.1, -0.05) is 0 Å². The number of aliphatic imine (C=N–C) groups is 1. The number of isocyanates is 1. The molecule has 2 atom stereocenters. The summed E-state index contributed by atoms with van der Waals surface area (Å²) in [6.45, 7) is 1.24. The Bertz CT molecular complexity index is 426. The molecular formula is C10H16N2O5S. The van der Waals surface area contributed by atoms with Crippen molar-refractivity contribution >= 4 is 16.1 Å². The molecule has 2 aliphatic rings. The third-order valence-corrected chi connectivity index (χ3v) is 4.97. The van der Waals surface area contributed by atoms with E-state index in [4.69, 9.17) is 9.47 Å². The second-order valence-corrected chi connectivity index (χ2v) is 6.27. The molecule has 7 nitrogen and oxygen atoms in total. The zero-order valence-electron chi connectivity index (χ0n) is 9.95. The van der Waals surface area contributed by atoms with E-state index in [0.717, 1.165) is 12.8 Å². The molecule has 102 valence electrons. The van der Waals surface area contributed by atoms with Crippen molar-refractivity contribution in [1.82, 2.24) is 4.31 Å². The highest BCUT2D eigenvalue weighted by Gasteiger charge is 2.35. The Balaban J connectivity index is 2.08. The first-order chi connectivity index (χ1) is 8.63. The van der Waals surface area contributed by atoms with Gasteiger partial charge in [0.15, 0.2) is 6.17 Å². The lowest BCUT2D eigenvalue weighted by Gasteiger charge is -2.31. The Hall–Kier alpha value is -0.790. The number of hydrogen-bond donors (Lipinski definition) is 0. The minimum Gasteiger partial charge on any atom is -0.377 e. The average molecular weight is 276 g/mol. The molecule has 0 saturated carbocycles. The van der Waals surface area contributed by atoms with Gasteiger partial charge in [0, 0.05) is 13.2 Å². The lowest BCUT2D eigenvalue weighted by Crippen LogP contribution is -2.49. The van der Waals surface area contributed by atoms with Crippen LogP contribution in [0.5, 0.6) is 0 Å². The highest BCUT2D eigenvalue weighted by atomic mass is 32.2. The van der Waals surface area contributed by atoms with E-state index in [2.05, 4.69) is 4.99 Å². The van der Waals surface area contributed by atoms with Crippen LogP contribution in [0.4, 0.5) is 0 Å². The smallest absolute Gasteiger partial charge is 0.236 e. The van der Waals surface area contributed by atoms with Crippen LogP contribution in [0.3, 0.4) is 0 Å². The van der Waals surface area contributed by atoms with Gasteiger partial charge in [0.25, 0.3) is 0 Å². The second kappa shape index (κ2) is 5.90. The number of nitrogens with zero attached hydrogens (tertiary/aromatic N) is 2. The van der Waals surface area contributed by atoms with E-state index < -0.39 is 16.2 Å². The molecule has 0 bridgehead atoms. The molecule has 18 heavy (non-hydrogen) atoms. The Labute approximate surface area is 106 Å². The van der Waals surface area contributed by atoms with E-state index in [0.29, 0.717) is 13.2 Å². The van der Waals surface area contributed by atoms with Crippen molar-refractivity contribution in [1.29, 1.82) is 0 Å². The Morgan fingerprint density at radius 1 is 1.39 bits per heavy atom. The fourth-order valence-corrected chi connectivity index (χ4v) is 3.92. The Morgan fingerprint density at radius 3 is 2.89 bits per heavy atom. The number of rotatable bonds is 4. The summed E-state index contributed by atoms with van der Waals surface area (Å²) in [6, 6.07) is 0. The quantitative estimate of drug-likeness (QED) is 0.510. The Kier molecular flexibility index (Phi) is 4.47. The van der Waals surface area contributed by atoms with Gasteiger partial charge in [0.05, 0.1) is 25.1 Å². The summed E-state index contributed by atoms with van der Waals surface area (Å²) in [4.78, 5) is 13.8. The largest absolute Gasteiger partial charge is 0.377 e. The van der Waals surface area contributed by atoms with Crippen LogP contribution in [0, 0.1) is 0 Å². The van der Waals surface area contributed by atoms with Crippen LogP contribution in [0.15, 0.2) is 4.99 Å². The van der Waals surface area contributed by atoms with Gasteiger partial charge in [0.1, 0.15) is 0 Å². The highest BCUT2D eigenvalue weighted by molar-refractivity contribution is 7.89. The zero-order chi connectivity index (χ0) is 13.0. The van der Waals surface area contributed by atoms with Crippen molar-refractivity contribution in [2.45, 2.75) is 25.1 Å². The average Bonchev–Trinajstić information content (AvgIpc) is 2.82. The summed E-state index contributed by atoms with van der Waals surface area (Å²) < 4.78 is 36.1. The molecule has 0 N–H and O–H groups in total. The van der Waals surface area contributed by atoms with E-state index in [9.17, 15) is 13.2 Å². The van der Waals surface area contributed by atoms with Crippen molar-refractivity contribution in [3.05, 3.63) is 0 Å². The minimum atomic E-state index is -3.48. The maximum absolute atomic E-state index is 12.2. The lowest BCUT2D eigenvalue weighted by atomic mass is 10.3. The van der Waals surface area contributed by atoms with Gasteiger partial charge in [-0.05, 0) is 12.8 Å². The van der Waals surface area contributed by atoms with Crippen molar-refractivity contribution in [3.63, 3.8) is 0 Å². The van der Waals surface area contributed by atoms with E-state index in [1.165, 1.54) is 10.4 Å². The van der Waals surface area contributed by atoms with E-state index in [1.807, 2.05) is 0 Å². The summed E-state index contributed by atoms with van der Waals surface area (Å²) in [5.41, 5.74) is 0. The summed E-state index contributed by atoms with van der Waals surface area (Å²) >= 11 is 0. The summed E-state index contributed by atoms with van der Waals surface area (Å²) in [5.74, 6) is -0.0577. The molecule has 0 aromatic carbocycles. The van der Waals surface area contributed by atoms with Gasteiger partial charge in [-0.15, -0.1) is 0 Å². The highest BCUT2D eigenvalue weighted by Crippen LogP contribution is 2.19. The molecule has 2 unspecified atom stereocenters. The topological polar surface area (TPSA) is 85.3 Å². The summed E-state index contributed by atoms with van der Waals surface area (Å²) in [6.07, 6.45) is 1.99. The van der Waals surface area contributed by atoms with Gasteiger partial charge in [-0.2, -0.15) is 9.30 Å². The molecule has 0 radical (unpaired) electrons. The molecule has 2 fully saturated rings. The van der Waals surface area contributed by atoms with Crippen LogP contribution in [0.1, 0.15) is 12.8 Å². The second-order valence-electron chi connectivity index (χ2n) is 4.30. The Morgan fingerprint density at radius 2 is 2.22 bits per heavy atom. The predicted octanol–water partition coefficient (Wildman–Crippen LogP) is -0.511. The van der Waals surface area contributed by atoms with E-state index >= 15 is 0 Å². The SMILES string of the molecule is O=C=NC1COCCN1S(=O)(=O)CC1CCCO1. The fourth-order valence-electron chi connectivity index (χ4n) is 2.17. The van der Waals surface area contributed by atoms with Gasteiger partial charge < -0.3 is 9.47 Å². The maximum atomic E-state index is 12.2. The van der Waals surface area contributed by atoms with Crippen LogP contribution in [0.25, 0.3) is 0 Å². The molecule has 0 aromatic rings.